The van der Waals surface area contributed by atoms with Crippen molar-refractivity contribution in [2.24, 2.45) is 0 Å². The van der Waals surface area contributed by atoms with E-state index in [1.165, 1.54) is 16.7 Å². The van der Waals surface area contributed by atoms with E-state index in [1.54, 1.807) is 26.0 Å². The van der Waals surface area contributed by atoms with Crippen LogP contribution in [0.3, 0.4) is 0 Å². The second kappa shape index (κ2) is 34.3. The maximum Gasteiger partial charge on any atom is 0.333 e. The number of aliphatic hydroxyl groups excluding tert-OH is 1. The predicted octanol–water partition coefficient (Wildman–Crippen LogP) is 4.84. The molecule has 0 atom stereocenters. The lowest BCUT2D eigenvalue weighted by Gasteiger charge is -2.23. The number of aryl methyl sites for hydroxylation is 2. The fourth-order valence-corrected chi connectivity index (χ4v) is 7.06. The SMILES string of the molecule is C=C(C)C(=O)Cl.C=C(C)C(=O)OCCOCCOC(=O)CCc1cc(-n2nc3ccccc3n2)c(O)c(C(C)(C)C)c1.CC(C)(C)c1cc(CCC(=O)OCCOCCO)cc(-n2nc3ccccc3n2)c1O.[B]B([B])[B]B([B])B([B])[B]. The fourth-order valence-electron chi connectivity index (χ4n) is 7.06. The number of esters is 3. The number of aromatic nitrogens is 6. The average Bonchev–Trinajstić information content (AvgIpc) is 4.22. The topological polar surface area (TPSA) is 237 Å². The minimum Gasteiger partial charge on any atom is -0.505 e. The number of hydrogen-bond acceptors (Lipinski definition) is 16. The van der Waals surface area contributed by atoms with Gasteiger partial charge in [-0.3, -0.25) is 14.4 Å². The van der Waals surface area contributed by atoms with Crippen LogP contribution in [0.1, 0.15) is 90.5 Å². The smallest absolute Gasteiger partial charge is 0.333 e. The summed E-state index contributed by atoms with van der Waals surface area (Å²) >= 11 is 4.87. The van der Waals surface area contributed by atoms with Gasteiger partial charge in [-0.05, 0) is 96.6 Å². The van der Waals surface area contributed by atoms with Crippen molar-refractivity contribution >= 4 is 122 Å². The van der Waals surface area contributed by atoms with Gasteiger partial charge in [-0.1, -0.05) is 91.1 Å². The van der Waals surface area contributed by atoms with Crippen molar-refractivity contribution in [2.45, 2.75) is 91.9 Å². The molecule has 82 heavy (non-hydrogen) atoms. The number of rotatable bonds is 24. The standard InChI is InChI=1S/C27H33N3O6.C23H29N3O5.C4H5ClO.B9/c1-18(2)26(33)36-15-13-34-12-14-35-24(31)11-10-19-16-20(27(3,4)5)25(32)23(17-19)30-28-21-8-6-7-9-22(21)29-30;1-23(2,3)17-14-16(8-9-21(28)31-13-12-30-11-10-27)15-20(22(17)29)26-24-18-6-4-5-7-19(18)25-26;1-3(2)4(5)6;1-7(2)6-9(5)8(3)4/h6-9,16-17,32H,1,10-15H2,2-5H3;4-7,14-15,27,29H,8-13H2,1-3H3;1H2,2H3;. The molecular weight excluding hydrogens is 1060 g/mol. The number of carbonyl (C=O) groups is 4. The summed E-state index contributed by atoms with van der Waals surface area (Å²) in [6.07, 6.45) is -0.318. The number of benzene rings is 4. The lowest BCUT2D eigenvalue weighted by molar-refractivity contribution is -0.146. The molecule has 0 aliphatic heterocycles. The van der Waals surface area contributed by atoms with Crippen molar-refractivity contribution in [2.75, 3.05) is 52.9 Å². The Balaban J connectivity index is 0.000000346. The third-order valence-electron chi connectivity index (χ3n) is 11.4. The summed E-state index contributed by atoms with van der Waals surface area (Å²) in [5.41, 5.74) is 7.15. The van der Waals surface area contributed by atoms with Crippen LogP contribution in [0.15, 0.2) is 97.1 Å². The summed E-state index contributed by atoms with van der Waals surface area (Å²) in [6, 6.07) is 22.4. The van der Waals surface area contributed by atoms with Crippen LogP contribution in [-0.4, -0.2) is 186 Å². The van der Waals surface area contributed by atoms with E-state index < -0.39 is 30.4 Å². The maximum absolute atomic E-state index is 12.3. The molecular formula is C54H67B9ClN6O12. The zero-order chi connectivity index (χ0) is 61.3. The van der Waals surface area contributed by atoms with Crippen LogP contribution < -0.4 is 0 Å². The molecule has 419 valence electrons. The number of hydrogen-bond donors (Lipinski definition) is 3. The van der Waals surface area contributed by atoms with Crippen molar-refractivity contribution in [1.82, 2.24) is 30.0 Å². The van der Waals surface area contributed by atoms with Gasteiger partial charge < -0.3 is 39.0 Å². The molecule has 0 saturated heterocycles. The van der Waals surface area contributed by atoms with Gasteiger partial charge in [0.05, 0.1) is 33.0 Å². The van der Waals surface area contributed by atoms with Gasteiger partial charge in [0.1, 0.15) is 64.8 Å². The van der Waals surface area contributed by atoms with Crippen LogP contribution in [0.25, 0.3) is 33.4 Å². The quantitative estimate of drug-likeness (QED) is 0.0184. The van der Waals surface area contributed by atoms with Gasteiger partial charge in [0.2, 0.25) is 5.24 Å². The highest BCUT2D eigenvalue weighted by molar-refractivity contribution is 7.88. The third kappa shape index (κ3) is 24.2. The van der Waals surface area contributed by atoms with Crippen molar-refractivity contribution in [3.05, 3.63) is 119 Å². The van der Waals surface area contributed by atoms with Crippen molar-refractivity contribution in [1.29, 1.82) is 0 Å². The monoisotopic (exact) mass is 1130 g/mol. The number of phenolic OH excluding ortho intramolecular Hbond substituents is 2. The Kier molecular flexibility index (Phi) is 29.2. The van der Waals surface area contributed by atoms with E-state index in [1.807, 2.05) is 102 Å². The first kappa shape index (κ1) is 69.9. The number of ether oxygens (including phenoxy) is 5. The third-order valence-corrected chi connectivity index (χ3v) is 11.7. The van der Waals surface area contributed by atoms with E-state index in [0.29, 0.717) is 35.4 Å². The van der Waals surface area contributed by atoms with E-state index in [0.717, 1.165) is 44.3 Å². The highest BCUT2D eigenvalue weighted by Gasteiger charge is 2.25. The normalized spacial score (nSPS) is 10.9. The van der Waals surface area contributed by atoms with Gasteiger partial charge in [-0.2, -0.15) is 0 Å². The summed E-state index contributed by atoms with van der Waals surface area (Å²) in [7, 11) is 27.6. The highest BCUT2D eigenvalue weighted by atomic mass is 35.5. The second-order valence-electron chi connectivity index (χ2n) is 20.8. The van der Waals surface area contributed by atoms with Crippen LogP contribution in [0, 0.1) is 0 Å². The number of fused-ring (bicyclic) bond motifs is 2. The molecule has 0 bridgehead atoms. The summed E-state index contributed by atoms with van der Waals surface area (Å²) in [5.74, 6) is -0.918. The minimum absolute atomic E-state index is 0.0616. The number of allylic oxidation sites excluding steroid dienone is 1. The summed E-state index contributed by atoms with van der Waals surface area (Å²) < 4.78 is 25.7. The number of phenols is 2. The van der Waals surface area contributed by atoms with Gasteiger partial charge in [0, 0.05) is 100 Å². The second-order valence-corrected chi connectivity index (χ2v) is 21.1. The first-order valence-corrected chi connectivity index (χ1v) is 26.7. The Morgan fingerprint density at radius 2 is 0.951 bits per heavy atom. The van der Waals surface area contributed by atoms with Gasteiger partial charge in [-0.25, -0.2) is 4.79 Å². The van der Waals surface area contributed by atoms with Crippen LogP contribution in [0.4, 0.5) is 0 Å². The molecule has 18 nitrogen and oxygen atoms in total. The van der Waals surface area contributed by atoms with E-state index >= 15 is 0 Å². The van der Waals surface area contributed by atoms with Crippen molar-refractivity contribution < 1.29 is 58.2 Å². The van der Waals surface area contributed by atoms with Gasteiger partial charge >= 0.3 is 17.9 Å². The number of carbonyl (C=O) groups excluding carboxylic acids is 4. The maximum atomic E-state index is 12.3. The van der Waals surface area contributed by atoms with Gasteiger partial charge in [-0.15, -0.1) is 30.0 Å². The largest absolute Gasteiger partial charge is 0.505 e. The van der Waals surface area contributed by atoms with Crippen LogP contribution in [-0.2, 0) is 66.5 Å². The number of nitrogens with zero attached hydrogens (tertiary/aromatic N) is 6. The lowest BCUT2D eigenvalue weighted by Crippen LogP contribution is -2.50. The molecule has 28 heteroatoms. The zero-order valence-corrected chi connectivity index (χ0v) is 48.9. The molecule has 0 aliphatic rings. The lowest BCUT2D eigenvalue weighted by atomic mass is 8.70. The highest BCUT2D eigenvalue weighted by Crippen LogP contribution is 2.38. The van der Waals surface area contributed by atoms with E-state index in [9.17, 15) is 29.4 Å². The number of aliphatic hydroxyl groups is 1. The molecule has 11 radical (unpaired) electrons. The van der Waals surface area contributed by atoms with E-state index in [2.05, 4.69) is 33.6 Å². The number of halogens is 1. The Morgan fingerprint density at radius 3 is 1.24 bits per heavy atom. The molecule has 0 spiro atoms. The van der Waals surface area contributed by atoms with Crippen LogP contribution >= 0.6 is 11.6 Å². The van der Waals surface area contributed by atoms with Gasteiger partial charge in [0.15, 0.2) is 0 Å². The summed E-state index contributed by atoms with van der Waals surface area (Å²) in [4.78, 5) is 48.3. The molecule has 6 rings (SSSR count). The number of aromatic hydroxyl groups is 2. The van der Waals surface area contributed by atoms with Crippen molar-refractivity contribution in [3.63, 3.8) is 0 Å². The summed E-state index contributed by atoms with van der Waals surface area (Å²) in [5, 5.41) is 48.2. The summed E-state index contributed by atoms with van der Waals surface area (Å²) in [6.45, 7) is 23.2. The molecule has 2 heterocycles. The van der Waals surface area contributed by atoms with Crippen molar-refractivity contribution in [3.8, 4) is 22.9 Å². The average molecular weight is 1120 g/mol. The molecule has 0 aliphatic carbocycles. The molecule has 3 N–H and O–H groups in total. The van der Waals surface area contributed by atoms with E-state index in [-0.39, 0.29) is 100.0 Å². The minimum atomic E-state index is -0.584. The molecule has 0 fully saturated rings. The van der Waals surface area contributed by atoms with Crippen LogP contribution in [0.2, 0.25) is 0 Å². The molecule has 0 unspecified atom stereocenters. The Hall–Kier alpha value is -6.41. The molecule has 6 aromatic rings. The van der Waals surface area contributed by atoms with E-state index in [4.69, 9.17) is 79.1 Å². The predicted molar refractivity (Wildman–Crippen MR) is 329 cm³/mol. The Morgan fingerprint density at radius 1 is 0.598 bits per heavy atom. The first-order valence-electron chi connectivity index (χ1n) is 26.3. The molecule has 0 amide bonds. The molecule has 4 aromatic carbocycles. The Labute approximate surface area is 494 Å². The molecule has 0 saturated carbocycles. The Bertz CT molecular complexity index is 3000. The fraction of sp³-hybridized carbons (Fsp3) is 0.407. The first-order chi connectivity index (χ1) is 38.5. The van der Waals surface area contributed by atoms with Gasteiger partial charge in [0.25, 0.3) is 0 Å². The van der Waals surface area contributed by atoms with Crippen LogP contribution in [0.5, 0.6) is 11.5 Å². The molecule has 2 aromatic heterocycles. The zero-order valence-electron chi connectivity index (χ0n) is 48.1.